The maximum atomic E-state index is 11.9. The van der Waals surface area contributed by atoms with Gasteiger partial charge < -0.3 is 10.1 Å². The third kappa shape index (κ3) is 2.91. The van der Waals surface area contributed by atoms with Gasteiger partial charge in [0, 0.05) is 17.2 Å². The number of benzene rings is 2. The van der Waals surface area contributed by atoms with Crippen molar-refractivity contribution >= 4 is 26.6 Å². The second-order valence-corrected chi connectivity index (χ2v) is 8.24. The van der Waals surface area contributed by atoms with Gasteiger partial charge in [0.25, 0.3) is 0 Å². The number of anilines is 1. The second kappa shape index (κ2) is 5.70. The van der Waals surface area contributed by atoms with E-state index in [4.69, 9.17) is 4.74 Å². The highest BCUT2D eigenvalue weighted by Gasteiger charge is 2.25. The Balaban J connectivity index is 1.77. The summed E-state index contributed by atoms with van der Waals surface area (Å²) in [6, 6.07) is 10.9. The van der Waals surface area contributed by atoms with Crippen molar-refractivity contribution in [3.63, 3.8) is 0 Å². The fourth-order valence-corrected chi connectivity index (χ4v) is 3.65. The number of aryl methyl sites for hydroxylation is 1. The number of hydrogen-bond donors (Lipinski definition) is 1. The number of ether oxygens (including phenoxy) is 1. The number of sulfone groups is 1. The van der Waals surface area contributed by atoms with E-state index < -0.39 is 9.84 Å². The first kappa shape index (κ1) is 15.8. The molecule has 3 aromatic rings. The van der Waals surface area contributed by atoms with Crippen LogP contribution in [0.5, 0.6) is 5.75 Å². The van der Waals surface area contributed by atoms with E-state index in [1.807, 2.05) is 19.1 Å². The smallest absolute Gasteiger partial charge is 0.175 e. The van der Waals surface area contributed by atoms with E-state index in [2.05, 4.69) is 21.4 Å². The average Bonchev–Trinajstić information content (AvgIpc) is 2.96. The van der Waals surface area contributed by atoms with Gasteiger partial charge >= 0.3 is 0 Å². The Hall–Kier alpha value is -2.67. The zero-order valence-electron chi connectivity index (χ0n) is 13.9. The molecule has 0 aliphatic carbocycles. The highest BCUT2D eigenvalue weighted by atomic mass is 32.2. The lowest BCUT2D eigenvalue weighted by molar-refractivity contribution is 0.339. The monoisotopic (exact) mass is 355 g/mol. The molecule has 0 fully saturated rings. The summed E-state index contributed by atoms with van der Waals surface area (Å²) < 4.78 is 29.4. The molecule has 1 aromatic heterocycles. The molecule has 2 heterocycles. The van der Waals surface area contributed by atoms with Crippen molar-refractivity contribution in [2.45, 2.75) is 17.9 Å². The van der Waals surface area contributed by atoms with Crippen LogP contribution in [-0.4, -0.2) is 31.2 Å². The largest absolute Gasteiger partial charge is 0.491 e. The lowest BCUT2D eigenvalue weighted by atomic mass is 10.1. The zero-order chi connectivity index (χ0) is 17.6. The van der Waals surface area contributed by atoms with Gasteiger partial charge in [-0.25, -0.2) is 18.4 Å². The van der Waals surface area contributed by atoms with Gasteiger partial charge in [0.1, 0.15) is 24.5 Å². The number of hydrogen-bond acceptors (Lipinski definition) is 6. The van der Waals surface area contributed by atoms with Crippen LogP contribution in [0.1, 0.15) is 17.2 Å². The van der Waals surface area contributed by atoms with Gasteiger partial charge in [-0.05, 0) is 31.2 Å². The average molecular weight is 355 g/mol. The van der Waals surface area contributed by atoms with Crippen LogP contribution in [0.4, 0.5) is 5.82 Å². The molecule has 1 atom stereocenters. The first-order valence-corrected chi connectivity index (χ1v) is 9.76. The summed E-state index contributed by atoms with van der Waals surface area (Å²) in [4.78, 5) is 8.78. The quantitative estimate of drug-likeness (QED) is 0.778. The number of fused-ring (bicyclic) bond motifs is 2. The van der Waals surface area contributed by atoms with Crippen LogP contribution in [0.25, 0.3) is 10.9 Å². The summed E-state index contributed by atoms with van der Waals surface area (Å²) in [5.74, 6) is 1.46. The van der Waals surface area contributed by atoms with E-state index in [0.29, 0.717) is 23.3 Å². The molecule has 6 nitrogen and oxygen atoms in total. The summed E-state index contributed by atoms with van der Waals surface area (Å²) in [7, 11) is -3.30. The normalized spacial score (nSPS) is 16.5. The molecule has 1 aliphatic rings. The standard InChI is InChI=1S/C18H17N3O3S/c1-11-3-6-17-13(7-11)16(9-24-17)21-18-14-8-12(25(2,22)23)4-5-15(14)19-10-20-18/h3-8,10,16H,9H2,1-2H3,(H,19,20,21). The summed E-state index contributed by atoms with van der Waals surface area (Å²) >= 11 is 0. The molecule has 0 saturated heterocycles. The molecule has 0 radical (unpaired) electrons. The molecule has 4 rings (SSSR count). The van der Waals surface area contributed by atoms with Crippen LogP contribution in [-0.2, 0) is 9.84 Å². The van der Waals surface area contributed by atoms with Gasteiger partial charge in [0.05, 0.1) is 16.5 Å². The van der Waals surface area contributed by atoms with Crippen molar-refractivity contribution in [2.75, 3.05) is 18.2 Å². The van der Waals surface area contributed by atoms with Crippen molar-refractivity contribution in [3.8, 4) is 5.75 Å². The van der Waals surface area contributed by atoms with Gasteiger partial charge in [-0.3, -0.25) is 0 Å². The SMILES string of the molecule is Cc1ccc2c(c1)C(Nc1ncnc3ccc(S(C)(=O)=O)cc13)CO2. The minimum absolute atomic E-state index is 0.0464. The van der Waals surface area contributed by atoms with E-state index in [9.17, 15) is 8.42 Å². The van der Waals surface area contributed by atoms with Crippen LogP contribution < -0.4 is 10.1 Å². The lowest BCUT2D eigenvalue weighted by Gasteiger charge is -2.14. The van der Waals surface area contributed by atoms with E-state index in [0.717, 1.165) is 16.9 Å². The summed E-state index contributed by atoms with van der Waals surface area (Å²) in [5.41, 5.74) is 2.92. The molecule has 1 aliphatic heterocycles. The number of rotatable bonds is 3. The molecule has 0 saturated carbocycles. The number of nitrogens with one attached hydrogen (secondary N) is 1. The highest BCUT2D eigenvalue weighted by Crippen LogP contribution is 2.36. The third-order valence-corrected chi connectivity index (χ3v) is 5.40. The van der Waals surface area contributed by atoms with Crippen molar-refractivity contribution in [1.82, 2.24) is 9.97 Å². The topological polar surface area (TPSA) is 81.2 Å². The third-order valence-electron chi connectivity index (χ3n) is 4.29. The summed E-state index contributed by atoms with van der Waals surface area (Å²) in [6.07, 6.45) is 2.66. The Bertz CT molecular complexity index is 1080. The fraction of sp³-hybridized carbons (Fsp3) is 0.222. The summed E-state index contributed by atoms with van der Waals surface area (Å²) in [6.45, 7) is 2.53. The Morgan fingerprint density at radius 3 is 2.80 bits per heavy atom. The molecule has 0 bridgehead atoms. The number of aromatic nitrogens is 2. The minimum atomic E-state index is -3.30. The van der Waals surface area contributed by atoms with Gasteiger partial charge in [0.2, 0.25) is 0 Å². The molecular formula is C18H17N3O3S. The molecule has 2 aromatic carbocycles. The van der Waals surface area contributed by atoms with Crippen LogP contribution in [0.15, 0.2) is 47.6 Å². The molecule has 1 unspecified atom stereocenters. The molecular weight excluding hydrogens is 338 g/mol. The predicted octanol–water partition coefficient (Wildman–Crippen LogP) is 2.89. The first-order chi connectivity index (χ1) is 11.9. The van der Waals surface area contributed by atoms with Crippen molar-refractivity contribution in [2.24, 2.45) is 0 Å². The Morgan fingerprint density at radius 1 is 1.16 bits per heavy atom. The van der Waals surface area contributed by atoms with E-state index >= 15 is 0 Å². The maximum absolute atomic E-state index is 11.9. The van der Waals surface area contributed by atoms with Gasteiger partial charge in [0.15, 0.2) is 9.84 Å². The Labute approximate surface area is 145 Å². The highest BCUT2D eigenvalue weighted by molar-refractivity contribution is 7.90. The predicted molar refractivity (Wildman–Crippen MR) is 95.7 cm³/mol. The van der Waals surface area contributed by atoms with Gasteiger partial charge in [-0.1, -0.05) is 17.7 Å². The van der Waals surface area contributed by atoms with Crippen LogP contribution in [0.3, 0.4) is 0 Å². The van der Waals surface area contributed by atoms with Crippen molar-refractivity contribution < 1.29 is 13.2 Å². The van der Waals surface area contributed by atoms with E-state index in [-0.39, 0.29) is 10.9 Å². The van der Waals surface area contributed by atoms with Gasteiger partial charge in [-0.2, -0.15) is 0 Å². The molecule has 1 N–H and O–H groups in total. The summed E-state index contributed by atoms with van der Waals surface area (Å²) in [5, 5.41) is 4.05. The molecule has 25 heavy (non-hydrogen) atoms. The number of nitrogens with zero attached hydrogens (tertiary/aromatic N) is 2. The first-order valence-electron chi connectivity index (χ1n) is 7.86. The Morgan fingerprint density at radius 2 is 2.00 bits per heavy atom. The van der Waals surface area contributed by atoms with Crippen LogP contribution >= 0.6 is 0 Å². The zero-order valence-corrected chi connectivity index (χ0v) is 14.7. The lowest BCUT2D eigenvalue weighted by Crippen LogP contribution is -2.13. The van der Waals surface area contributed by atoms with E-state index in [1.54, 1.807) is 18.2 Å². The van der Waals surface area contributed by atoms with Crippen LogP contribution in [0, 0.1) is 6.92 Å². The van der Waals surface area contributed by atoms with E-state index in [1.165, 1.54) is 12.6 Å². The molecule has 128 valence electrons. The molecule has 7 heteroatoms. The molecule has 0 spiro atoms. The van der Waals surface area contributed by atoms with Crippen molar-refractivity contribution in [3.05, 3.63) is 53.9 Å². The van der Waals surface area contributed by atoms with Crippen LogP contribution in [0.2, 0.25) is 0 Å². The van der Waals surface area contributed by atoms with Crippen molar-refractivity contribution in [1.29, 1.82) is 0 Å². The van der Waals surface area contributed by atoms with Gasteiger partial charge in [-0.15, -0.1) is 0 Å². The Kier molecular flexibility index (Phi) is 3.61. The fourth-order valence-electron chi connectivity index (χ4n) is 3.00. The minimum Gasteiger partial charge on any atom is -0.491 e. The maximum Gasteiger partial charge on any atom is 0.175 e. The second-order valence-electron chi connectivity index (χ2n) is 6.22. The molecule has 0 amide bonds.